The summed E-state index contributed by atoms with van der Waals surface area (Å²) in [5.74, 6) is 1.37. The first-order valence-corrected chi connectivity index (χ1v) is 6.94. The second-order valence-corrected chi connectivity index (χ2v) is 4.99. The molecule has 0 fully saturated rings. The number of benzene rings is 1. The van der Waals surface area contributed by atoms with E-state index in [2.05, 4.69) is 9.97 Å². The fourth-order valence-electron chi connectivity index (χ4n) is 2.34. The van der Waals surface area contributed by atoms with Gasteiger partial charge in [0.1, 0.15) is 0 Å². The van der Waals surface area contributed by atoms with Crippen molar-refractivity contribution in [1.29, 1.82) is 0 Å². The number of fused-ring (bicyclic) bond motifs is 1. The maximum absolute atomic E-state index is 5.41. The molecule has 0 aliphatic heterocycles. The molecule has 2 heterocycles. The number of aryl methyl sites for hydroxylation is 2. The van der Waals surface area contributed by atoms with Gasteiger partial charge in [-0.2, -0.15) is 0 Å². The zero-order chi connectivity index (χ0) is 14.8. The van der Waals surface area contributed by atoms with Crippen molar-refractivity contribution in [3.8, 4) is 11.5 Å². The molecular formula is C14H16N4O2S. The average molecular weight is 304 g/mol. The Morgan fingerprint density at radius 3 is 2.62 bits per heavy atom. The molecule has 0 atom stereocenters. The minimum Gasteiger partial charge on any atom is -0.493 e. The van der Waals surface area contributed by atoms with Crippen LogP contribution in [0.2, 0.25) is 0 Å². The normalized spacial score (nSPS) is 11.0. The number of imidazole rings is 2. The fourth-order valence-corrected chi connectivity index (χ4v) is 2.64. The van der Waals surface area contributed by atoms with E-state index in [4.69, 9.17) is 21.7 Å². The molecule has 1 aromatic carbocycles. The van der Waals surface area contributed by atoms with E-state index >= 15 is 0 Å². The SMILES string of the molecule is COc1cc2[nH]c(=S)n(CCn3ccnc3)c2cc1OC. The lowest BCUT2D eigenvalue weighted by Crippen LogP contribution is -2.06. The number of hydrogen-bond acceptors (Lipinski definition) is 4. The Bertz CT molecular complexity index is 804. The van der Waals surface area contributed by atoms with Gasteiger partial charge >= 0.3 is 0 Å². The number of hydrogen-bond donors (Lipinski definition) is 1. The summed E-state index contributed by atoms with van der Waals surface area (Å²) >= 11 is 5.41. The van der Waals surface area contributed by atoms with E-state index < -0.39 is 0 Å². The van der Waals surface area contributed by atoms with Crippen LogP contribution in [0.25, 0.3) is 11.0 Å². The molecule has 0 unspecified atom stereocenters. The molecule has 21 heavy (non-hydrogen) atoms. The molecule has 6 nitrogen and oxygen atoms in total. The van der Waals surface area contributed by atoms with Gasteiger partial charge in [-0.15, -0.1) is 0 Å². The molecule has 0 bridgehead atoms. The Morgan fingerprint density at radius 1 is 1.19 bits per heavy atom. The van der Waals surface area contributed by atoms with Gasteiger partial charge in [-0.3, -0.25) is 0 Å². The molecular weight excluding hydrogens is 288 g/mol. The monoisotopic (exact) mass is 304 g/mol. The summed E-state index contributed by atoms with van der Waals surface area (Å²) in [6, 6.07) is 3.84. The lowest BCUT2D eigenvalue weighted by Gasteiger charge is -2.09. The van der Waals surface area contributed by atoms with Gasteiger partial charge in [0.05, 0.1) is 31.6 Å². The lowest BCUT2D eigenvalue weighted by atomic mass is 10.2. The number of ether oxygens (including phenoxy) is 2. The van der Waals surface area contributed by atoms with Gasteiger partial charge in [-0.1, -0.05) is 0 Å². The molecule has 3 aromatic rings. The third kappa shape index (κ3) is 2.52. The molecule has 3 rings (SSSR count). The molecule has 2 aromatic heterocycles. The van der Waals surface area contributed by atoms with E-state index in [1.807, 2.05) is 27.5 Å². The Labute approximate surface area is 126 Å². The van der Waals surface area contributed by atoms with Crippen molar-refractivity contribution < 1.29 is 9.47 Å². The summed E-state index contributed by atoms with van der Waals surface area (Å²) in [7, 11) is 3.25. The number of aromatic nitrogens is 4. The lowest BCUT2D eigenvalue weighted by molar-refractivity contribution is 0.355. The summed E-state index contributed by atoms with van der Waals surface area (Å²) in [4.78, 5) is 7.24. The highest BCUT2D eigenvalue weighted by atomic mass is 32.1. The first-order valence-electron chi connectivity index (χ1n) is 6.53. The van der Waals surface area contributed by atoms with E-state index in [-0.39, 0.29) is 0 Å². The van der Waals surface area contributed by atoms with E-state index in [0.29, 0.717) is 16.3 Å². The molecule has 0 radical (unpaired) electrons. The van der Waals surface area contributed by atoms with Crippen LogP contribution in [0.3, 0.4) is 0 Å². The summed E-state index contributed by atoms with van der Waals surface area (Å²) in [5.41, 5.74) is 1.93. The Kier molecular flexibility index (Phi) is 3.66. The van der Waals surface area contributed by atoms with Crippen molar-refractivity contribution in [2.75, 3.05) is 14.2 Å². The number of nitrogens with one attached hydrogen (secondary N) is 1. The van der Waals surface area contributed by atoms with Gasteiger partial charge in [0.15, 0.2) is 16.3 Å². The largest absolute Gasteiger partial charge is 0.493 e. The van der Waals surface area contributed by atoms with E-state index in [1.165, 1.54) is 0 Å². The van der Waals surface area contributed by atoms with Crippen molar-refractivity contribution in [3.63, 3.8) is 0 Å². The van der Waals surface area contributed by atoms with Gasteiger partial charge in [0, 0.05) is 37.6 Å². The van der Waals surface area contributed by atoms with Crippen LogP contribution in [-0.2, 0) is 13.1 Å². The molecule has 0 saturated heterocycles. The smallest absolute Gasteiger partial charge is 0.178 e. The zero-order valence-electron chi connectivity index (χ0n) is 11.9. The van der Waals surface area contributed by atoms with Crippen LogP contribution >= 0.6 is 12.2 Å². The third-order valence-corrected chi connectivity index (χ3v) is 3.74. The van der Waals surface area contributed by atoms with E-state index in [0.717, 1.165) is 24.1 Å². The van der Waals surface area contributed by atoms with Crippen molar-refractivity contribution in [3.05, 3.63) is 35.6 Å². The predicted molar refractivity (Wildman–Crippen MR) is 82.5 cm³/mol. The van der Waals surface area contributed by atoms with Crippen LogP contribution in [0, 0.1) is 4.77 Å². The number of rotatable bonds is 5. The maximum Gasteiger partial charge on any atom is 0.178 e. The van der Waals surface area contributed by atoms with E-state index in [1.54, 1.807) is 26.7 Å². The van der Waals surface area contributed by atoms with Crippen LogP contribution in [0.4, 0.5) is 0 Å². The first kappa shape index (κ1) is 13.7. The molecule has 0 spiro atoms. The molecule has 0 aliphatic rings. The zero-order valence-corrected chi connectivity index (χ0v) is 12.7. The standard InChI is InChI=1S/C14H16N4O2S/c1-19-12-7-10-11(8-13(12)20-2)18(14(21)16-10)6-5-17-4-3-15-9-17/h3-4,7-9H,5-6H2,1-2H3,(H,16,21). The topological polar surface area (TPSA) is 57.0 Å². The van der Waals surface area contributed by atoms with Crippen molar-refractivity contribution in [2.24, 2.45) is 0 Å². The van der Waals surface area contributed by atoms with Gasteiger partial charge in [-0.05, 0) is 12.2 Å². The average Bonchev–Trinajstić information content (AvgIpc) is 3.10. The Hall–Kier alpha value is -2.28. The van der Waals surface area contributed by atoms with Crippen LogP contribution in [-0.4, -0.2) is 33.3 Å². The molecule has 0 amide bonds. The minimum atomic E-state index is 0.681. The van der Waals surface area contributed by atoms with Crippen LogP contribution in [0.5, 0.6) is 11.5 Å². The minimum absolute atomic E-state index is 0.681. The Balaban J connectivity index is 2.01. The highest BCUT2D eigenvalue weighted by molar-refractivity contribution is 7.71. The number of nitrogens with zero attached hydrogens (tertiary/aromatic N) is 3. The van der Waals surface area contributed by atoms with E-state index in [9.17, 15) is 0 Å². The second kappa shape index (κ2) is 5.61. The van der Waals surface area contributed by atoms with Gasteiger partial charge in [-0.25, -0.2) is 4.98 Å². The molecule has 110 valence electrons. The Morgan fingerprint density at radius 2 is 1.95 bits per heavy atom. The van der Waals surface area contributed by atoms with Crippen LogP contribution < -0.4 is 9.47 Å². The number of aromatic amines is 1. The maximum atomic E-state index is 5.41. The summed E-state index contributed by atoms with van der Waals surface area (Å²) < 4.78 is 15.4. The third-order valence-electron chi connectivity index (χ3n) is 3.42. The second-order valence-electron chi connectivity index (χ2n) is 4.61. The molecule has 0 aliphatic carbocycles. The summed E-state index contributed by atoms with van der Waals surface area (Å²) in [5, 5.41) is 0. The van der Waals surface area contributed by atoms with Crippen LogP contribution in [0.15, 0.2) is 30.9 Å². The van der Waals surface area contributed by atoms with Gasteiger partial charge in [0.2, 0.25) is 0 Å². The highest BCUT2D eigenvalue weighted by Crippen LogP contribution is 2.31. The predicted octanol–water partition coefficient (Wildman–Crippen LogP) is 2.61. The number of methoxy groups -OCH3 is 2. The van der Waals surface area contributed by atoms with Gasteiger partial charge in [0.25, 0.3) is 0 Å². The quantitative estimate of drug-likeness (QED) is 0.736. The highest BCUT2D eigenvalue weighted by Gasteiger charge is 2.11. The van der Waals surface area contributed by atoms with Crippen molar-refractivity contribution in [2.45, 2.75) is 13.1 Å². The van der Waals surface area contributed by atoms with Crippen molar-refractivity contribution in [1.82, 2.24) is 19.1 Å². The van der Waals surface area contributed by atoms with Gasteiger partial charge < -0.3 is 23.6 Å². The summed E-state index contributed by atoms with van der Waals surface area (Å²) in [6.07, 6.45) is 5.49. The first-order chi connectivity index (χ1) is 10.2. The summed E-state index contributed by atoms with van der Waals surface area (Å²) in [6.45, 7) is 1.56. The van der Waals surface area contributed by atoms with Crippen LogP contribution in [0.1, 0.15) is 0 Å². The molecule has 7 heteroatoms. The molecule has 1 N–H and O–H groups in total. The van der Waals surface area contributed by atoms with Crippen molar-refractivity contribution >= 4 is 23.3 Å². The fraction of sp³-hybridized carbons (Fsp3) is 0.286. The number of H-pyrrole nitrogens is 1. The molecule has 0 saturated carbocycles.